The fourth-order valence-corrected chi connectivity index (χ4v) is 4.19. The average molecular weight is 460 g/mol. The number of aromatic nitrogens is 5. The van der Waals surface area contributed by atoms with Crippen LogP contribution in [-0.2, 0) is 13.5 Å². The van der Waals surface area contributed by atoms with Crippen molar-refractivity contribution < 1.29 is 12.2 Å². The Morgan fingerprint density at radius 1 is 1.15 bits per heavy atom. The number of carbonyl (C=O) groups excluding carboxylic acids is 1. The van der Waals surface area contributed by atoms with Gasteiger partial charge in [0, 0.05) is 41.6 Å². The molecule has 0 amide bonds. The number of benzene rings is 1. The highest BCUT2D eigenvalue weighted by molar-refractivity contribution is 5.98. The van der Waals surface area contributed by atoms with Crippen LogP contribution in [0.15, 0.2) is 55.0 Å². The Balaban J connectivity index is 1.31. The Kier molecular flexibility index (Phi) is 5.18. The van der Waals surface area contributed by atoms with Gasteiger partial charge in [0.15, 0.2) is 5.78 Å². The minimum absolute atomic E-state index is 0.0774. The Morgan fingerprint density at radius 2 is 1.97 bits per heavy atom. The Morgan fingerprint density at radius 3 is 2.71 bits per heavy atom. The number of nitrogens with zero attached hydrogens (tertiary/aromatic N) is 7. The van der Waals surface area contributed by atoms with Crippen molar-refractivity contribution in [2.75, 3.05) is 37.6 Å². The lowest BCUT2D eigenvalue weighted by atomic mass is 10.0. The van der Waals surface area contributed by atoms with E-state index in [9.17, 15) is 10.0 Å². The van der Waals surface area contributed by atoms with Gasteiger partial charge >= 0.3 is 0 Å². The summed E-state index contributed by atoms with van der Waals surface area (Å²) >= 11 is 0. The first-order valence-electron chi connectivity index (χ1n) is 12.2. The smallest absolute Gasteiger partial charge is 0.169 e. The van der Waals surface area contributed by atoms with Crippen molar-refractivity contribution in [2.24, 2.45) is 7.05 Å². The van der Waals surface area contributed by atoms with E-state index in [1.54, 1.807) is 29.2 Å². The van der Waals surface area contributed by atoms with E-state index in [1.165, 1.54) is 6.92 Å². The number of aryl methyl sites for hydroxylation is 1. The molecule has 0 unspecified atom stereocenters. The van der Waals surface area contributed by atoms with Gasteiger partial charge in [0.25, 0.3) is 0 Å². The summed E-state index contributed by atoms with van der Waals surface area (Å²) in [5.74, 6) is 0.537. The van der Waals surface area contributed by atoms with Gasteiger partial charge in [-0.05, 0) is 36.6 Å². The van der Waals surface area contributed by atoms with E-state index in [0.717, 1.165) is 22.0 Å². The lowest BCUT2D eigenvalue weighted by Crippen LogP contribution is -2.56. The molecular formula is C25H27N7O2. The molecule has 9 heteroatoms. The summed E-state index contributed by atoms with van der Waals surface area (Å²) in [6, 6.07) is 11.3. The normalized spacial score (nSPS) is 16.9. The highest BCUT2D eigenvalue weighted by Crippen LogP contribution is 2.24. The standard InChI is InChI=1S/C25H27N7O2/c1-3-32(34)10-8-31(9-11-32)25-14-19(6-7-26-25)24(33)15-22-13-21-12-18(4-5-20(21)16-27-22)23-17-30(2)29-28-23/h4-7,12-14,16-17H,3,8-11,15H2,1-2H3/i3D2. The first-order chi connectivity index (χ1) is 17.1. The second kappa shape index (κ2) is 8.92. The molecule has 0 atom stereocenters. The summed E-state index contributed by atoms with van der Waals surface area (Å²) in [6.45, 7) is 0.482. The van der Waals surface area contributed by atoms with E-state index in [4.69, 9.17) is 2.74 Å². The summed E-state index contributed by atoms with van der Waals surface area (Å²) in [7, 11) is 1.82. The maximum absolute atomic E-state index is 13.1. The van der Waals surface area contributed by atoms with Crippen LogP contribution in [0.25, 0.3) is 22.0 Å². The molecule has 34 heavy (non-hydrogen) atoms. The van der Waals surface area contributed by atoms with Crippen LogP contribution in [0.5, 0.6) is 0 Å². The lowest BCUT2D eigenvalue weighted by molar-refractivity contribution is -0.879. The van der Waals surface area contributed by atoms with E-state index < -0.39 is 11.1 Å². The van der Waals surface area contributed by atoms with Crippen molar-refractivity contribution in [2.45, 2.75) is 13.3 Å². The molecule has 1 aromatic carbocycles. The van der Waals surface area contributed by atoms with Crippen LogP contribution >= 0.6 is 0 Å². The van der Waals surface area contributed by atoms with E-state index in [1.807, 2.05) is 42.4 Å². The molecule has 1 saturated heterocycles. The fourth-order valence-electron chi connectivity index (χ4n) is 4.19. The van der Waals surface area contributed by atoms with Gasteiger partial charge in [0.05, 0.1) is 48.0 Å². The van der Waals surface area contributed by atoms with Crippen molar-refractivity contribution in [3.63, 3.8) is 0 Å². The zero-order valence-corrected chi connectivity index (χ0v) is 19.2. The molecule has 0 spiro atoms. The molecule has 9 nitrogen and oxygen atoms in total. The van der Waals surface area contributed by atoms with Gasteiger partial charge in [-0.1, -0.05) is 17.3 Å². The van der Waals surface area contributed by atoms with Crippen LogP contribution in [0.4, 0.5) is 5.82 Å². The van der Waals surface area contributed by atoms with Crippen LogP contribution in [0.3, 0.4) is 0 Å². The molecule has 1 aliphatic heterocycles. The molecule has 0 radical (unpaired) electrons. The minimum atomic E-state index is -1.85. The molecule has 1 aliphatic rings. The average Bonchev–Trinajstić information content (AvgIpc) is 3.30. The number of Topliss-reactive ketones (excluding diaryl/α,β-unsaturated/α-hetero) is 1. The monoisotopic (exact) mass is 459 g/mol. The third-order valence-corrected chi connectivity index (χ3v) is 6.28. The quantitative estimate of drug-likeness (QED) is 0.248. The third kappa shape index (κ3) is 4.52. The molecule has 0 saturated carbocycles. The second-order valence-electron chi connectivity index (χ2n) is 8.56. The van der Waals surface area contributed by atoms with E-state index in [0.29, 0.717) is 30.2 Å². The number of pyridine rings is 2. The molecule has 5 rings (SSSR count). The number of likely N-dealkylation sites (N-methyl/N-ethyl adjacent to an activating group) is 1. The predicted molar refractivity (Wildman–Crippen MR) is 130 cm³/mol. The van der Waals surface area contributed by atoms with Gasteiger partial charge < -0.3 is 14.8 Å². The van der Waals surface area contributed by atoms with Crippen LogP contribution in [0.2, 0.25) is 0 Å². The molecule has 3 aromatic heterocycles. The van der Waals surface area contributed by atoms with Crippen molar-refractivity contribution in [1.82, 2.24) is 25.0 Å². The fraction of sp³-hybridized carbons (Fsp3) is 0.320. The maximum Gasteiger partial charge on any atom is 0.169 e. The molecule has 1 fully saturated rings. The SMILES string of the molecule is [2H]C([2H])(C)[N+]1([O-])CCN(c2cc(C(=O)Cc3cc4cc(-c5cn(C)nn5)ccc4cn3)ccn2)CC1. The van der Waals surface area contributed by atoms with Gasteiger partial charge in [-0.3, -0.25) is 14.5 Å². The summed E-state index contributed by atoms with van der Waals surface area (Å²) in [4.78, 5) is 23.9. The van der Waals surface area contributed by atoms with Crippen molar-refractivity contribution in [3.05, 3.63) is 71.5 Å². The van der Waals surface area contributed by atoms with Gasteiger partial charge in [0.1, 0.15) is 11.5 Å². The van der Waals surface area contributed by atoms with Gasteiger partial charge in [-0.15, -0.1) is 5.10 Å². The largest absolute Gasteiger partial charge is 0.633 e. The van der Waals surface area contributed by atoms with E-state index >= 15 is 0 Å². The molecule has 0 aliphatic carbocycles. The molecular weight excluding hydrogens is 430 g/mol. The highest BCUT2D eigenvalue weighted by Gasteiger charge is 2.25. The van der Waals surface area contributed by atoms with Crippen molar-refractivity contribution in [3.8, 4) is 11.3 Å². The maximum atomic E-state index is 13.1. The summed E-state index contributed by atoms with van der Waals surface area (Å²) in [5.41, 5.74) is 2.91. The highest BCUT2D eigenvalue weighted by atomic mass is 16.5. The van der Waals surface area contributed by atoms with Gasteiger partial charge in [0.2, 0.25) is 0 Å². The summed E-state index contributed by atoms with van der Waals surface area (Å²) in [6.07, 6.45) is 5.36. The van der Waals surface area contributed by atoms with Crippen molar-refractivity contribution >= 4 is 22.4 Å². The number of carbonyl (C=O) groups is 1. The number of hydrogen-bond donors (Lipinski definition) is 0. The van der Waals surface area contributed by atoms with Gasteiger partial charge in [-0.2, -0.15) is 0 Å². The number of quaternary nitrogens is 1. The number of piperazine rings is 1. The van der Waals surface area contributed by atoms with Gasteiger partial charge in [-0.25, -0.2) is 4.98 Å². The Hall–Kier alpha value is -3.69. The number of hydroxylamine groups is 3. The van der Waals surface area contributed by atoms with E-state index in [-0.39, 0.29) is 25.3 Å². The third-order valence-electron chi connectivity index (χ3n) is 6.28. The molecule has 0 bridgehead atoms. The first kappa shape index (κ1) is 19.7. The number of rotatable bonds is 6. The molecule has 4 heterocycles. The number of ketones is 1. The summed E-state index contributed by atoms with van der Waals surface area (Å²) in [5, 5.41) is 22.8. The molecule has 174 valence electrons. The molecule has 0 N–H and O–H groups in total. The number of fused-ring (bicyclic) bond motifs is 1. The zero-order chi connectivity index (χ0) is 25.5. The number of hydrogen-bond acceptors (Lipinski definition) is 7. The number of anilines is 1. The zero-order valence-electron chi connectivity index (χ0n) is 21.2. The van der Waals surface area contributed by atoms with Crippen LogP contribution in [0, 0.1) is 5.21 Å². The Bertz CT molecular complexity index is 1430. The lowest BCUT2D eigenvalue weighted by Gasteiger charge is -2.47. The summed E-state index contributed by atoms with van der Waals surface area (Å²) < 4.78 is 16.4. The second-order valence-corrected chi connectivity index (χ2v) is 8.56. The predicted octanol–water partition coefficient (Wildman–Crippen LogP) is 3.01. The van der Waals surface area contributed by atoms with Crippen LogP contribution in [0.1, 0.15) is 25.7 Å². The van der Waals surface area contributed by atoms with Crippen molar-refractivity contribution in [1.29, 1.82) is 0 Å². The molecule has 4 aromatic rings. The van der Waals surface area contributed by atoms with Crippen LogP contribution < -0.4 is 4.90 Å². The van der Waals surface area contributed by atoms with Crippen LogP contribution in [-0.4, -0.2) is 68.1 Å². The Labute approximate surface area is 200 Å². The topological polar surface area (TPSA) is 99.9 Å². The van der Waals surface area contributed by atoms with E-state index in [2.05, 4.69) is 20.3 Å². The minimum Gasteiger partial charge on any atom is -0.633 e. The first-order valence-corrected chi connectivity index (χ1v) is 11.2.